The number of nitrogens with zero attached hydrogens (tertiary/aromatic N) is 2. The lowest BCUT2D eigenvalue weighted by Crippen LogP contribution is -2.13. The number of benzene rings is 2. The molecule has 0 aliphatic carbocycles. The Morgan fingerprint density at radius 2 is 1.81 bits per heavy atom. The molecule has 1 aliphatic heterocycles. The van der Waals surface area contributed by atoms with Gasteiger partial charge in [-0.25, -0.2) is 9.97 Å². The molecule has 3 aromatic rings. The van der Waals surface area contributed by atoms with Crippen LogP contribution >= 0.6 is 11.6 Å². The summed E-state index contributed by atoms with van der Waals surface area (Å²) in [5, 5.41) is 4.67. The highest BCUT2D eigenvalue weighted by atomic mass is 35.5. The highest BCUT2D eigenvalue weighted by Gasteiger charge is 2.14. The van der Waals surface area contributed by atoms with Gasteiger partial charge in [0.1, 0.15) is 31.1 Å². The van der Waals surface area contributed by atoms with Gasteiger partial charge >= 0.3 is 0 Å². The van der Waals surface area contributed by atoms with Crippen LogP contribution in [0, 0.1) is 0 Å². The van der Waals surface area contributed by atoms with Crippen LogP contribution in [0.4, 0.5) is 11.5 Å². The van der Waals surface area contributed by atoms with Crippen LogP contribution in [0.2, 0.25) is 5.02 Å². The van der Waals surface area contributed by atoms with Gasteiger partial charge in [-0.2, -0.15) is 0 Å². The van der Waals surface area contributed by atoms with Crippen LogP contribution in [0.25, 0.3) is 10.9 Å². The number of rotatable bonds is 1. The van der Waals surface area contributed by atoms with E-state index >= 15 is 0 Å². The average molecular weight is 388 g/mol. The van der Waals surface area contributed by atoms with Gasteiger partial charge in [0.15, 0.2) is 11.5 Å². The van der Waals surface area contributed by atoms with E-state index in [2.05, 4.69) is 15.3 Å². The zero-order valence-corrected chi connectivity index (χ0v) is 15.5. The van der Waals surface area contributed by atoms with Gasteiger partial charge in [-0.05, 0) is 24.3 Å². The number of methoxy groups -OCH3 is 1. The molecule has 0 amide bonds. The Bertz CT molecular complexity index is 967. The van der Waals surface area contributed by atoms with Crippen molar-refractivity contribution in [3.05, 3.63) is 41.7 Å². The molecule has 140 valence electrons. The monoisotopic (exact) mass is 387 g/mol. The van der Waals surface area contributed by atoms with Gasteiger partial charge in [0.25, 0.3) is 0 Å². The maximum absolute atomic E-state index is 6.17. The molecule has 27 heavy (non-hydrogen) atoms. The predicted octanol–water partition coefficient (Wildman–Crippen LogP) is 3.82. The summed E-state index contributed by atoms with van der Waals surface area (Å²) in [6.45, 7) is 1.68. The van der Waals surface area contributed by atoms with E-state index in [9.17, 15) is 0 Å². The van der Waals surface area contributed by atoms with Gasteiger partial charge in [0, 0.05) is 16.5 Å². The van der Waals surface area contributed by atoms with E-state index in [1.165, 1.54) is 6.33 Å². The Balaban J connectivity index is 1.84. The van der Waals surface area contributed by atoms with Crippen LogP contribution in [-0.2, 0) is 4.74 Å². The second kappa shape index (κ2) is 7.85. The molecule has 0 unspecified atom stereocenters. The number of aromatic nitrogens is 2. The van der Waals surface area contributed by atoms with Crippen molar-refractivity contribution in [2.24, 2.45) is 0 Å². The number of hydrogen-bond acceptors (Lipinski definition) is 7. The van der Waals surface area contributed by atoms with Gasteiger partial charge < -0.3 is 24.3 Å². The van der Waals surface area contributed by atoms with E-state index in [0.29, 0.717) is 60.2 Å². The fourth-order valence-electron chi connectivity index (χ4n) is 2.81. The highest BCUT2D eigenvalue weighted by molar-refractivity contribution is 6.31. The minimum absolute atomic E-state index is 0.393. The Hall–Kier alpha value is -2.77. The van der Waals surface area contributed by atoms with E-state index in [1.54, 1.807) is 19.2 Å². The van der Waals surface area contributed by atoms with E-state index in [1.807, 2.05) is 18.2 Å². The number of anilines is 2. The Morgan fingerprint density at radius 1 is 1.00 bits per heavy atom. The maximum Gasteiger partial charge on any atom is 0.162 e. The standard InChI is InChI=1S/C19H18ClN3O4/c1-24-17-10-14-13-9-18(17)27-7-5-25-4-6-26-16-3-2-12(20)8-15(16)23-19(13)22-11-21-14/h2-3,8-11H,4-7H2,1H3,(H,21,22,23). The first-order valence-electron chi connectivity index (χ1n) is 8.47. The number of fused-ring (bicyclic) bond motifs is 2. The lowest BCUT2D eigenvalue weighted by Gasteiger charge is -2.17. The third kappa shape index (κ3) is 3.84. The first kappa shape index (κ1) is 17.6. The Morgan fingerprint density at radius 3 is 2.63 bits per heavy atom. The average Bonchev–Trinajstić information content (AvgIpc) is 2.68. The summed E-state index contributed by atoms with van der Waals surface area (Å²) in [6, 6.07) is 9.06. The molecule has 2 heterocycles. The van der Waals surface area contributed by atoms with Crippen molar-refractivity contribution in [3.63, 3.8) is 0 Å². The summed E-state index contributed by atoms with van der Waals surface area (Å²) in [5.41, 5.74) is 1.43. The van der Waals surface area contributed by atoms with Crippen LogP contribution in [0.5, 0.6) is 17.2 Å². The van der Waals surface area contributed by atoms with Crippen molar-refractivity contribution >= 4 is 34.0 Å². The SMILES string of the molecule is COc1cc2ncnc3c2cc1OCCOCCOc1ccc(Cl)cc1N3. The highest BCUT2D eigenvalue weighted by Crippen LogP contribution is 2.36. The zero-order valence-electron chi connectivity index (χ0n) is 14.7. The number of ether oxygens (including phenoxy) is 4. The molecule has 0 radical (unpaired) electrons. The third-order valence-corrected chi connectivity index (χ3v) is 4.32. The molecular weight excluding hydrogens is 370 g/mol. The lowest BCUT2D eigenvalue weighted by molar-refractivity contribution is 0.0759. The summed E-state index contributed by atoms with van der Waals surface area (Å²) < 4.78 is 22.6. The van der Waals surface area contributed by atoms with E-state index in [-0.39, 0.29) is 0 Å². The minimum Gasteiger partial charge on any atom is -0.493 e. The second-order valence-corrected chi connectivity index (χ2v) is 6.25. The molecule has 1 N–H and O–H groups in total. The Labute approximate surface area is 161 Å². The molecule has 4 rings (SSSR count). The molecular formula is C19H18ClN3O4. The molecule has 7 nitrogen and oxygen atoms in total. The molecule has 0 atom stereocenters. The maximum atomic E-state index is 6.17. The van der Waals surface area contributed by atoms with Crippen molar-refractivity contribution in [1.82, 2.24) is 9.97 Å². The molecule has 8 heteroatoms. The van der Waals surface area contributed by atoms with Crippen LogP contribution in [0.1, 0.15) is 0 Å². The van der Waals surface area contributed by atoms with Crippen LogP contribution in [-0.4, -0.2) is 43.5 Å². The molecule has 1 aliphatic rings. The Kier molecular flexibility index (Phi) is 5.13. The van der Waals surface area contributed by atoms with Crippen LogP contribution < -0.4 is 19.5 Å². The smallest absolute Gasteiger partial charge is 0.162 e. The number of halogens is 1. The fourth-order valence-corrected chi connectivity index (χ4v) is 2.98. The molecule has 2 aromatic carbocycles. The molecule has 0 fully saturated rings. The predicted molar refractivity (Wildman–Crippen MR) is 103 cm³/mol. The summed E-state index contributed by atoms with van der Waals surface area (Å²) in [7, 11) is 1.60. The van der Waals surface area contributed by atoms with Crippen molar-refractivity contribution < 1.29 is 18.9 Å². The second-order valence-electron chi connectivity index (χ2n) is 5.82. The van der Waals surface area contributed by atoms with Crippen LogP contribution in [0.3, 0.4) is 0 Å². The first-order valence-corrected chi connectivity index (χ1v) is 8.85. The zero-order chi connectivity index (χ0) is 18.6. The first-order chi connectivity index (χ1) is 13.2. The summed E-state index contributed by atoms with van der Waals surface area (Å²) in [5.74, 6) is 2.49. The quantitative estimate of drug-likeness (QED) is 0.680. The van der Waals surface area contributed by atoms with Gasteiger partial charge in [-0.3, -0.25) is 0 Å². The van der Waals surface area contributed by atoms with Crippen molar-refractivity contribution in [2.75, 3.05) is 38.9 Å². The van der Waals surface area contributed by atoms with Gasteiger partial charge in [-0.15, -0.1) is 0 Å². The number of hydrogen-bond donors (Lipinski definition) is 1. The van der Waals surface area contributed by atoms with Crippen molar-refractivity contribution in [1.29, 1.82) is 0 Å². The van der Waals surface area contributed by atoms with E-state index in [0.717, 1.165) is 10.9 Å². The fraction of sp³-hybridized carbons (Fsp3) is 0.263. The largest absolute Gasteiger partial charge is 0.493 e. The topological polar surface area (TPSA) is 74.7 Å². The summed E-state index contributed by atoms with van der Waals surface area (Å²) in [4.78, 5) is 8.71. The van der Waals surface area contributed by atoms with E-state index in [4.69, 9.17) is 30.5 Å². The van der Waals surface area contributed by atoms with Crippen molar-refractivity contribution in [3.8, 4) is 17.2 Å². The molecule has 0 spiro atoms. The third-order valence-electron chi connectivity index (χ3n) is 4.09. The number of nitrogens with one attached hydrogen (secondary N) is 1. The normalized spacial score (nSPS) is 14.4. The molecule has 0 saturated heterocycles. The minimum atomic E-state index is 0.393. The summed E-state index contributed by atoms with van der Waals surface area (Å²) in [6.07, 6.45) is 1.49. The summed E-state index contributed by atoms with van der Waals surface area (Å²) >= 11 is 6.17. The van der Waals surface area contributed by atoms with Gasteiger partial charge in [0.05, 0.1) is 31.5 Å². The molecule has 1 aromatic heterocycles. The lowest BCUT2D eigenvalue weighted by atomic mass is 10.2. The van der Waals surface area contributed by atoms with Gasteiger partial charge in [0.2, 0.25) is 0 Å². The van der Waals surface area contributed by atoms with Crippen LogP contribution in [0.15, 0.2) is 36.7 Å². The van der Waals surface area contributed by atoms with Crippen molar-refractivity contribution in [2.45, 2.75) is 0 Å². The van der Waals surface area contributed by atoms with Gasteiger partial charge in [-0.1, -0.05) is 11.6 Å². The molecule has 2 bridgehead atoms. The molecule has 0 saturated carbocycles. The van der Waals surface area contributed by atoms with E-state index < -0.39 is 0 Å².